The maximum atomic E-state index is 11.7. The van der Waals surface area contributed by atoms with Crippen molar-refractivity contribution < 1.29 is 4.79 Å². The smallest absolute Gasteiger partial charge is 0.196 e. The van der Waals surface area contributed by atoms with Gasteiger partial charge in [0.1, 0.15) is 0 Å². The topological polar surface area (TPSA) is 53.5 Å². The molecule has 6 heteroatoms. The van der Waals surface area contributed by atoms with Gasteiger partial charge in [0, 0.05) is 11.9 Å². The number of halogens is 2. The minimum atomic E-state index is -0.217. The molecule has 2 aromatic carbocycles. The molecule has 0 fully saturated rings. The van der Waals surface area contributed by atoms with E-state index in [9.17, 15) is 4.79 Å². The Balaban J connectivity index is 2.19. The predicted molar refractivity (Wildman–Crippen MR) is 92.2 cm³/mol. The minimum absolute atomic E-state index is 0.158. The summed E-state index contributed by atoms with van der Waals surface area (Å²) >= 11 is 11.9. The number of hydrazine groups is 1. The van der Waals surface area contributed by atoms with Crippen LogP contribution < -0.4 is 10.9 Å². The number of amidine groups is 1. The van der Waals surface area contributed by atoms with Crippen LogP contribution in [-0.4, -0.2) is 11.6 Å². The van der Waals surface area contributed by atoms with E-state index in [2.05, 4.69) is 15.8 Å². The molecule has 0 aliphatic rings. The third kappa shape index (κ3) is 4.48. The highest BCUT2D eigenvalue weighted by atomic mass is 35.5. The molecule has 0 heterocycles. The number of aryl methyl sites for hydroxylation is 1. The lowest BCUT2D eigenvalue weighted by Crippen LogP contribution is -2.34. The number of rotatable bonds is 4. The second kappa shape index (κ2) is 7.29. The monoisotopic (exact) mass is 335 g/mol. The molecular formula is C16H15Cl2N3O. The molecule has 0 aliphatic carbocycles. The Labute approximate surface area is 139 Å². The van der Waals surface area contributed by atoms with E-state index in [-0.39, 0.29) is 11.6 Å². The number of hydrogen-bond acceptors (Lipinski definition) is 3. The van der Waals surface area contributed by atoms with Crippen LogP contribution in [0.4, 0.5) is 11.4 Å². The Morgan fingerprint density at radius 1 is 1.14 bits per heavy atom. The summed E-state index contributed by atoms with van der Waals surface area (Å²) in [5.41, 5.74) is 8.16. The average molecular weight is 336 g/mol. The maximum Gasteiger partial charge on any atom is 0.196 e. The molecule has 0 spiro atoms. The molecular weight excluding hydrogens is 321 g/mol. The molecule has 2 rings (SSSR count). The Kier molecular flexibility index (Phi) is 5.41. The highest BCUT2D eigenvalue weighted by Gasteiger charge is 2.08. The van der Waals surface area contributed by atoms with Crippen LogP contribution in [-0.2, 0) is 4.79 Å². The van der Waals surface area contributed by atoms with E-state index < -0.39 is 0 Å². The van der Waals surface area contributed by atoms with Gasteiger partial charge in [0.05, 0.1) is 16.4 Å². The SMILES string of the molecule is CC(=O)C(=Nc1ccc(Cl)cc1Cl)NNc1cccc(C)c1. The van der Waals surface area contributed by atoms with Gasteiger partial charge in [-0.15, -0.1) is 0 Å². The van der Waals surface area contributed by atoms with Crippen LogP contribution in [0.5, 0.6) is 0 Å². The van der Waals surface area contributed by atoms with Gasteiger partial charge in [0.25, 0.3) is 0 Å². The number of anilines is 1. The molecule has 114 valence electrons. The molecule has 0 aromatic heterocycles. The zero-order chi connectivity index (χ0) is 16.1. The third-order valence-electron chi connectivity index (χ3n) is 2.82. The second-order valence-corrected chi connectivity index (χ2v) is 5.58. The number of Topliss-reactive ketones (excluding diaryl/α,β-unsaturated/α-hetero) is 1. The van der Waals surface area contributed by atoms with Gasteiger partial charge in [-0.25, -0.2) is 4.99 Å². The summed E-state index contributed by atoms with van der Waals surface area (Å²) in [6.45, 7) is 3.41. The van der Waals surface area contributed by atoms with E-state index in [1.54, 1.807) is 18.2 Å². The first-order valence-corrected chi connectivity index (χ1v) is 7.34. The van der Waals surface area contributed by atoms with Crippen molar-refractivity contribution in [2.75, 3.05) is 5.43 Å². The van der Waals surface area contributed by atoms with Gasteiger partial charge in [0.2, 0.25) is 0 Å². The molecule has 0 bridgehead atoms. The van der Waals surface area contributed by atoms with Gasteiger partial charge in [-0.2, -0.15) is 0 Å². The van der Waals surface area contributed by atoms with Crippen molar-refractivity contribution in [2.45, 2.75) is 13.8 Å². The number of ketones is 1. The number of carbonyl (C=O) groups excluding carboxylic acids is 1. The van der Waals surface area contributed by atoms with Crippen molar-refractivity contribution >= 4 is 46.2 Å². The lowest BCUT2D eigenvalue weighted by molar-refractivity contribution is -0.111. The molecule has 0 radical (unpaired) electrons. The summed E-state index contributed by atoms with van der Waals surface area (Å²) in [5, 5.41) is 0.891. The largest absolute Gasteiger partial charge is 0.300 e. The molecule has 0 amide bonds. The van der Waals surface area contributed by atoms with E-state index in [1.807, 2.05) is 31.2 Å². The summed E-state index contributed by atoms with van der Waals surface area (Å²) in [6, 6.07) is 12.6. The lowest BCUT2D eigenvalue weighted by atomic mass is 10.2. The van der Waals surface area contributed by atoms with E-state index in [0.717, 1.165) is 11.3 Å². The zero-order valence-corrected chi connectivity index (χ0v) is 13.7. The fraction of sp³-hybridized carbons (Fsp3) is 0.125. The number of aliphatic imine (C=N–C) groups is 1. The van der Waals surface area contributed by atoms with E-state index >= 15 is 0 Å². The second-order valence-electron chi connectivity index (χ2n) is 4.73. The standard InChI is InChI=1S/C16H15Cl2N3O/c1-10-4-3-5-13(8-10)20-21-16(11(2)22)19-15-7-6-12(17)9-14(15)18/h3-9,20H,1-2H3,(H,19,21). The van der Waals surface area contributed by atoms with Crippen molar-refractivity contribution in [2.24, 2.45) is 4.99 Å². The fourth-order valence-corrected chi connectivity index (χ4v) is 2.19. The molecule has 4 nitrogen and oxygen atoms in total. The first-order valence-electron chi connectivity index (χ1n) is 6.59. The van der Waals surface area contributed by atoms with Gasteiger partial charge in [-0.3, -0.25) is 15.6 Å². The molecule has 0 saturated carbocycles. The number of nitrogens with zero attached hydrogens (tertiary/aromatic N) is 1. The van der Waals surface area contributed by atoms with Crippen molar-refractivity contribution in [1.82, 2.24) is 5.43 Å². The lowest BCUT2D eigenvalue weighted by Gasteiger charge is -2.11. The third-order valence-corrected chi connectivity index (χ3v) is 3.36. The van der Waals surface area contributed by atoms with Crippen LogP contribution in [0.1, 0.15) is 12.5 Å². The van der Waals surface area contributed by atoms with Gasteiger partial charge < -0.3 is 0 Å². The summed E-state index contributed by atoms with van der Waals surface area (Å²) < 4.78 is 0. The van der Waals surface area contributed by atoms with E-state index in [4.69, 9.17) is 23.2 Å². The van der Waals surface area contributed by atoms with Crippen LogP contribution in [0.15, 0.2) is 47.5 Å². The van der Waals surface area contributed by atoms with Gasteiger partial charge >= 0.3 is 0 Å². The van der Waals surface area contributed by atoms with Crippen LogP contribution in [0, 0.1) is 6.92 Å². The van der Waals surface area contributed by atoms with Crippen LogP contribution in [0.3, 0.4) is 0 Å². The summed E-state index contributed by atoms with van der Waals surface area (Å²) in [6.07, 6.45) is 0. The first-order chi connectivity index (χ1) is 10.5. The molecule has 2 N–H and O–H groups in total. The van der Waals surface area contributed by atoms with Gasteiger partial charge in [-0.05, 0) is 42.8 Å². The van der Waals surface area contributed by atoms with Crippen molar-refractivity contribution in [3.8, 4) is 0 Å². The van der Waals surface area contributed by atoms with Crippen molar-refractivity contribution in [3.63, 3.8) is 0 Å². The van der Waals surface area contributed by atoms with Crippen LogP contribution >= 0.6 is 23.2 Å². The Morgan fingerprint density at radius 2 is 1.91 bits per heavy atom. The summed E-state index contributed by atoms with van der Waals surface area (Å²) in [5.74, 6) is -0.0584. The predicted octanol–water partition coefficient (Wildman–Crippen LogP) is 4.54. The minimum Gasteiger partial charge on any atom is -0.300 e. The van der Waals surface area contributed by atoms with Crippen molar-refractivity contribution in [3.05, 3.63) is 58.1 Å². The van der Waals surface area contributed by atoms with Crippen molar-refractivity contribution in [1.29, 1.82) is 0 Å². The molecule has 0 unspecified atom stereocenters. The number of carbonyl (C=O) groups is 1. The van der Waals surface area contributed by atoms with Gasteiger partial charge in [-0.1, -0.05) is 35.3 Å². The molecule has 22 heavy (non-hydrogen) atoms. The quantitative estimate of drug-likeness (QED) is 0.490. The number of nitrogens with one attached hydrogen (secondary N) is 2. The normalized spacial score (nSPS) is 11.2. The maximum absolute atomic E-state index is 11.7. The Bertz CT molecular complexity index is 729. The van der Waals surface area contributed by atoms with Gasteiger partial charge in [0.15, 0.2) is 11.6 Å². The highest BCUT2D eigenvalue weighted by Crippen LogP contribution is 2.27. The Hall–Kier alpha value is -2.04. The molecule has 2 aromatic rings. The average Bonchev–Trinajstić information content (AvgIpc) is 2.45. The fourth-order valence-electron chi connectivity index (χ4n) is 1.74. The molecule has 0 atom stereocenters. The molecule has 0 saturated heterocycles. The summed E-state index contributed by atoms with van der Waals surface area (Å²) in [4.78, 5) is 16.0. The number of hydrogen-bond donors (Lipinski definition) is 2. The molecule has 0 aliphatic heterocycles. The first kappa shape index (κ1) is 16.3. The van der Waals surface area contributed by atoms with E-state index in [0.29, 0.717) is 15.7 Å². The Morgan fingerprint density at radius 3 is 2.55 bits per heavy atom. The van der Waals surface area contributed by atoms with E-state index in [1.165, 1.54) is 6.92 Å². The van der Waals surface area contributed by atoms with Crippen LogP contribution in [0.25, 0.3) is 0 Å². The van der Waals surface area contributed by atoms with Crippen LogP contribution in [0.2, 0.25) is 10.0 Å². The highest BCUT2D eigenvalue weighted by molar-refractivity contribution is 6.40. The number of benzene rings is 2. The zero-order valence-electron chi connectivity index (χ0n) is 12.2. The summed E-state index contributed by atoms with van der Waals surface area (Å²) in [7, 11) is 0.